The molecule has 0 radical (unpaired) electrons. The molecular weight excluding hydrogens is 456 g/mol. The molecule has 4 rings (SSSR count). The van der Waals surface area contributed by atoms with Crippen LogP contribution in [0, 0.1) is 0 Å². The van der Waals surface area contributed by atoms with Gasteiger partial charge in [0.2, 0.25) is 0 Å². The number of methoxy groups -OCH3 is 1. The molecule has 1 fully saturated rings. The van der Waals surface area contributed by atoms with E-state index >= 15 is 0 Å². The van der Waals surface area contributed by atoms with Crippen molar-refractivity contribution in [3.63, 3.8) is 0 Å². The SMILES string of the molecule is CCOc1cccc(N2C(=O)C(=O)/C(=C(\O)c3ccc(OC)c(C(C)(C)C)c3)C2c2ccncc2)c1. The van der Waals surface area contributed by atoms with Crippen LogP contribution in [0.4, 0.5) is 5.69 Å². The van der Waals surface area contributed by atoms with Gasteiger partial charge in [0.15, 0.2) is 0 Å². The first-order valence-electron chi connectivity index (χ1n) is 11.8. The Morgan fingerprint density at radius 3 is 2.42 bits per heavy atom. The summed E-state index contributed by atoms with van der Waals surface area (Å²) in [6.07, 6.45) is 3.19. The molecule has 1 saturated heterocycles. The van der Waals surface area contributed by atoms with E-state index in [2.05, 4.69) is 4.98 Å². The van der Waals surface area contributed by atoms with Crippen molar-refractivity contribution in [2.45, 2.75) is 39.2 Å². The molecule has 3 aromatic rings. The Labute approximate surface area is 211 Å². The molecule has 1 aliphatic rings. The zero-order chi connectivity index (χ0) is 26.0. The fourth-order valence-electron chi connectivity index (χ4n) is 4.45. The second kappa shape index (κ2) is 9.85. The molecule has 1 unspecified atom stereocenters. The van der Waals surface area contributed by atoms with Gasteiger partial charge < -0.3 is 14.6 Å². The molecule has 186 valence electrons. The van der Waals surface area contributed by atoms with Crippen LogP contribution in [0.2, 0.25) is 0 Å². The minimum atomic E-state index is -0.843. The van der Waals surface area contributed by atoms with Crippen molar-refractivity contribution in [3.8, 4) is 11.5 Å². The first kappa shape index (κ1) is 25.0. The lowest BCUT2D eigenvalue weighted by Gasteiger charge is -2.26. The lowest BCUT2D eigenvalue weighted by molar-refractivity contribution is -0.132. The van der Waals surface area contributed by atoms with Crippen LogP contribution in [-0.4, -0.2) is 35.5 Å². The van der Waals surface area contributed by atoms with Gasteiger partial charge in [-0.25, -0.2) is 0 Å². The van der Waals surface area contributed by atoms with Crippen molar-refractivity contribution < 1.29 is 24.2 Å². The number of aliphatic hydroxyl groups excluding tert-OH is 1. The highest BCUT2D eigenvalue weighted by Gasteiger charge is 2.47. The Balaban J connectivity index is 1.93. The fraction of sp³-hybridized carbons (Fsp3) is 0.276. The molecule has 0 bridgehead atoms. The maximum atomic E-state index is 13.4. The number of aliphatic hydroxyl groups is 1. The van der Waals surface area contributed by atoms with E-state index in [1.165, 1.54) is 4.90 Å². The van der Waals surface area contributed by atoms with Gasteiger partial charge in [0.05, 0.1) is 25.3 Å². The van der Waals surface area contributed by atoms with Crippen molar-refractivity contribution in [2.75, 3.05) is 18.6 Å². The van der Waals surface area contributed by atoms with Crippen molar-refractivity contribution in [1.29, 1.82) is 0 Å². The van der Waals surface area contributed by atoms with Crippen molar-refractivity contribution in [1.82, 2.24) is 4.98 Å². The summed E-state index contributed by atoms with van der Waals surface area (Å²) in [4.78, 5) is 32.3. The van der Waals surface area contributed by atoms with Crippen LogP contribution < -0.4 is 14.4 Å². The summed E-state index contributed by atoms with van der Waals surface area (Å²) in [5.41, 5.74) is 2.18. The number of hydrogen-bond donors (Lipinski definition) is 1. The number of carbonyl (C=O) groups excluding carboxylic acids is 2. The van der Waals surface area contributed by atoms with E-state index in [4.69, 9.17) is 9.47 Å². The fourth-order valence-corrected chi connectivity index (χ4v) is 4.45. The second-order valence-electron chi connectivity index (χ2n) is 9.55. The van der Waals surface area contributed by atoms with Crippen LogP contribution in [0.3, 0.4) is 0 Å². The van der Waals surface area contributed by atoms with E-state index in [0.717, 1.165) is 5.56 Å². The first-order valence-corrected chi connectivity index (χ1v) is 11.8. The molecule has 36 heavy (non-hydrogen) atoms. The number of ether oxygens (including phenoxy) is 2. The average Bonchev–Trinajstić information content (AvgIpc) is 3.14. The third-order valence-electron chi connectivity index (χ3n) is 6.15. The summed E-state index contributed by atoms with van der Waals surface area (Å²) in [7, 11) is 1.59. The molecule has 2 heterocycles. The van der Waals surface area contributed by atoms with Crippen LogP contribution in [0.1, 0.15) is 50.4 Å². The third-order valence-corrected chi connectivity index (χ3v) is 6.15. The molecule has 7 nitrogen and oxygen atoms in total. The molecule has 1 aliphatic heterocycles. The predicted octanol–water partition coefficient (Wildman–Crippen LogP) is 5.41. The topological polar surface area (TPSA) is 89.0 Å². The Morgan fingerprint density at radius 1 is 1.06 bits per heavy atom. The standard InChI is InChI=1S/C29H30N2O5/c1-6-36-21-9-7-8-20(17-21)31-25(18-12-14-30-15-13-18)24(27(33)28(31)34)26(32)19-10-11-23(35-5)22(16-19)29(2,3)4/h7-17,25,32H,6H2,1-5H3/b26-24-. The molecule has 7 heteroatoms. The van der Waals surface area contributed by atoms with Gasteiger partial charge in [-0.2, -0.15) is 0 Å². The summed E-state index contributed by atoms with van der Waals surface area (Å²) >= 11 is 0. The minimum absolute atomic E-state index is 0.0121. The Bertz CT molecular complexity index is 1320. The number of ketones is 1. The number of carbonyl (C=O) groups is 2. The van der Waals surface area contributed by atoms with Gasteiger partial charge in [-0.05, 0) is 60.4 Å². The van der Waals surface area contributed by atoms with Crippen LogP contribution in [0.15, 0.2) is 72.6 Å². The number of nitrogens with zero attached hydrogens (tertiary/aromatic N) is 2. The molecule has 1 aromatic heterocycles. The summed E-state index contributed by atoms with van der Waals surface area (Å²) in [6.45, 7) is 8.45. The summed E-state index contributed by atoms with van der Waals surface area (Å²) in [5.74, 6) is -0.471. The third kappa shape index (κ3) is 4.56. The molecule has 0 saturated carbocycles. The quantitative estimate of drug-likeness (QED) is 0.285. The molecule has 2 aromatic carbocycles. The number of benzene rings is 2. The zero-order valence-corrected chi connectivity index (χ0v) is 21.1. The van der Waals surface area contributed by atoms with E-state index in [-0.39, 0.29) is 16.7 Å². The molecule has 0 aliphatic carbocycles. The van der Waals surface area contributed by atoms with Crippen LogP contribution in [-0.2, 0) is 15.0 Å². The van der Waals surface area contributed by atoms with Crippen molar-refractivity contribution in [2.24, 2.45) is 0 Å². The van der Waals surface area contributed by atoms with Gasteiger partial charge in [0.25, 0.3) is 11.7 Å². The number of hydrogen-bond acceptors (Lipinski definition) is 6. The zero-order valence-electron chi connectivity index (χ0n) is 21.1. The second-order valence-corrected chi connectivity index (χ2v) is 9.55. The molecule has 1 N–H and O–H groups in total. The van der Waals surface area contributed by atoms with E-state index in [1.54, 1.807) is 74.1 Å². The largest absolute Gasteiger partial charge is 0.507 e. The monoisotopic (exact) mass is 486 g/mol. The lowest BCUT2D eigenvalue weighted by atomic mass is 9.84. The number of pyridine rings is 1. The van der Waals surface area contributed by atoms with E-state index in [1.807, 2.05) is 27.7 Å². The van der Waals surface area contributed by atoms with E-state index < -0.39 is 17.7 Å². The highest BCUT2D eigenvalue weighted by molar-refractivity contribution is 6.51. The van der Waals surface area contributed by atoms with Gasteiger partial charge in [0.1, 0.15) is 17.3 Å². The predicted molar refractivity (Wildman–Crippen MR) is 138 cm³/mol. The van der Waals surface area contributed by atoms with Gasteiger partial charge in [-0.1, -0.05) is 26.8 Å². The number of amides is 1. The highest BCUT2D eigenvalue weighted by Crippen LogP contribution is 2.43. The smallest absolute Gasteiger partial charge is 0.300 e. The van der Waals surface area contributed by atoms with Crippen molar-refractivity contribution in [3.05, 3.63) is 89.3 Å². The maximum Gasteiger partial charge on any atom is 0.300 e. The normalized spacial score (nSPS) is 17.4. The first-order chi connectivity index (χ1) is 17.2. The van der Waals surface area contributed by atoms with Gasteiger partial charge in [0, 0.05) is 35.3 Å². The molecule has 1 amide bonds. The number of aromatic nitrogens is 1. The molecule has 1 atom stereocenters. The Morgan fingerprint density at radius 2 is 1.78 bits per heavy atom. The van der Waals surface area contributed by atoms with Crippen LogP contribution in [0.25, 0.3) is 5.76 Å². The van der Waals surface area contributed by atoms with Crippen LogP contribution >= 0.6 is 0 Å². The lowest BCUT2D eigenvalue weighted by Crippen LogP contribution is -2.29. The summed E-state index contributed by atoms with van der Waals surface area (Å²) < 4.78 is 11.1. The van der Waals surface area contributed by atoms with Crippen LogP contribution in [0.5, 0.6) is 11.5 Å². The number of rotatable bonds is 6. The number of anilines is 1. The highest BCUT2D eigenvalue weighted by atomic mass is 16.5. The Kier molecular flexibility index (Phi) is 6.84. The van der Waals surface area contributed by atoms with Gasteiger partial charge >= 0.3 is 0 Å². The molecular formula is C29H30N2O5. The van der Waals surface area contributed by atoms with E-state index in [9.17, 15) is 14.7 Å². The van der Waals surface area contributed by atoms with E-state index in [0.29, 0.717) is 34.9 Å². The minimum Gasteiger partial charge on any atom is -0.507 e. The maximum absolute atomic E-state index is 13.4. The molecule has 0 spiro atoms. The van der Waals surface area contributed by atoms with Gasteiger partial charge in [-0.3, -0.25) is 19.5 Å². The Hall–Kier alpha value is -4.13. The average molecular weight is 487 g/mol. The summed E-state index contributed by atoms with van der Waals surface area (Å²) in [5, 5.41) is 11.5. The summed E-state index contributed by atoms with van der Waals surface area (Å²) in [6, 6.07) is 14.9. The number of Topliss-reactive ketones (excluding diaryl/α,β-unsaturated/α-hetero) is 1. The van der Waals surface area contributed by atoms with Crippen molar-refractivity contribution >= 4 is 23.1 Å². The van der Waals surface area contributed by atoms with Gasteiger partial charge in [-0.15, -0.1) is 0 Å².